The van der Waals surface area contributed by atoms with Gasteiger partial charge in [0.25, 0.3) is 11.7 Å². The summed E-state index contributed by atoms with van der Waals surface area (Å²) in [6, 6.07) is 16.4. The molecule has 0 spiro atoms. The van der Waals surface area contributed by atoms with E-state index in [0.717, 1.165) is 4.47 Å². The summed E-state index contributed by atoms with van der Waals surface area (Å²) in [5.74, 6) is -2.07. The van der Waals surface area contributed by atoms with Crippen LogP contribution >= 0.6 is 39.1 Å². The van der Waals surface area contributed by atoms with Crippen LogP contribution in [0.15, 0.2) is 76.8 Å². The van der Waals surface area contributed by atoms with Gasteiger partial charge in [0.2, 0.25) is 0 Å². The molecule has 2 N–H and O–H groups in total. The summed E-state index contributed by atoms with van der Waals surface area (Å²) in [7, 11) is 0. The largest absolute Gasteiger partial charge is 0.508 e. The van der Waals surface area contributed by atoms with Crippen molar-refractivity contribution in [1.82, 2.24) is 0 Å². The number of hydrogen-bond acceptors (Lipinski definition) is 4. The molecule has 0 aliphatic carbocycles. The third kappa shape index (κ3) is 4.06. The molecular weight excluding hydrogens is 505 g/mol. The summed E-state index contributed by atoms with van der Waals surface area (Å²) in [5.41, 5.74) is 1.00. The van der Waals surface area contributed by atoms with Gasteiger partial charge in [-0.3, -0.25) is 14.5 Å². The number of carbonyl (C=O) groups is 2. The van der Waals surface area contributed by atoms with Crippen LogP contribution in [0.4, 0.5) is 5.69 Å². The van der Waals surface area contributed by atoms with Gasteiger partial charge in [-0.25, -0.2) is 0 Å². The molecule has 4 rings (SSSR count). The van der Waals surface area contributed by atoms with Crippen molar-refractivity contribution in [2.45, 2.75) is 6.04 Å². The van der Waals surface area contributed by atoms with E-state index in [1.807, 2.05) is 0 Å². The van der Waals surface area contributed by atoms with Crippen molar-refractivity contribution in [1.29, 1.82) is 0 Å². The molecule has 5 nitrogen and oxygen atoms in total. The molecule has 1 heterocycles. The second kappa shape index (κ2) is 8.38. The number of anilines is 1. The molecule has 31 heavy (non-hydrogen) atoms. The van der Waals surface area contributed by atoms with Crippen molar-refractivity contribution >= 4 is 62.3 Å². The lowest BCUT2D eigenvalue weighted by molar-refractivity contribution is -0.132. The van der Waals surface area contributed by atoms with E-state index in [4.69, 9.17) is 23.2 Å². The van der Waals surface area contributed by atoms with Crippen LogP contribution in [0.3, 0.4) is 0 Å². The average molecular weight is 519 g/mol. The Morgan fingerprint density at radius 3 is 2.19 bits per heavy atom. The van der Waals surface area contributed by atoms with Crippen molar-refractivity contribution in [3.63, 3.8) is 0 Å². The van der Waals surface area contributed by atoms with Crippen LogP contribution in [-0.4, -0.2) is 21.9 Å². The number of aliphatic hydroxyl groups excluding tert-OH is 1. The van der Waals surface area contributed by atoms with Crippen molar-refractivity contribution < 1.29 is 19.8 Å². The fourth-order valence-corrected chi connectivity index (χ4v) is 4.33. The van der Waals surface area contributed by atoms with Crippen molar-refractivity contribution in [2.75, 3.05) is 4.90 Å². The molecule has 1 saturated heterocycles. The monoisotopic (exact) mass is 517 g/mol. The van der Waals surface area contributed by atoms with Crippen molar-refractivity contribution in [2.24, 2.45) is 0 Å². The normalized spacial score (nSPS) is 17.9. The number of phenols is 1. The Hall–Kier alpha value is -2.80. The third-order valence-electron chi connectivity index (χ3n) is 4.87. The SMILES string of the molecule is O=C1C(=O)N(c2cc(Cl)cc(Cl)c2)C(c2cccc(O)c2)/C1=C(\O)c1ccc(Br)cc1. The molecule has 8 heteroatoms. The molecule has 1 aliphatic heterocycles. The Kier molecular flexibility index (Phi) is 5.79. The molecule has 3 aromatic carbocycles. The van der Waals surface area contributed by atoms with E-state index >= 15 is 0 Å². The van der Waals surface area contributed by atoms with Crippen molar-refractivity contribution in [3.8, 4) is 5.75 Å². The van der Waals surface area contributed by atoms with Crippen LogP contribution in [0.2, 0.25) is 10.0 Å². The molecule has 0 radical (unpaired) electrons. The maximum absolute atomic E-state index is 13.1. The molecule has 1 atom stereocenters. The van der Waals surface area contributed by atoms with Gasteiger partial charge in [-0.1, -0.05) is 63.4 Å². The number of aromatic hydroxyl groups is 1. The first-order valence-electron chi connectivity index (χ1n) is 9.08. The van der Waals surface area contributed by atoms with E-state index in [2.05, 4.69) is 15.9 Å². The summed E-state index contributed by atoms with van der Waals surface area (Å²) in [6.07, 6.45) is 0. The van der Waals surface area contributed by atoms with E-state index < -0.39 is 17.7 Å². The van der Waals surface area contributed by atoms with Crippen LogP contribution in [-0.2, 0) is 9.59 Å². The van der Waals surface area contributed by atoms with Gasteiger partial charge in [-0.2, -0.15) is 0 Å². The number of halogens is 3. The van der Waals surface area contributed by atoms with Gasteiger partial charge >= 0.3 is 0 Å². The topological polar surface area (TPSA) is 77.8 Å². The fraction of sp³-hybridized carbons (Fsp3) is 0.0435. The first kappa shape index (κ1) is 21.4. The lowest BCUT2D eigenvalue weighted by Crippen LogP contribution is -2.29. The number of carbonyl (C=O) groups excluding carboxylic acids is 2. The number of aliphatic hydroxyl groups is 1. The zero-order valence-corrected chi connectivity index (χ0v) is 18.8. The summed E-state index contributed by atoms with van der Waals surface area (Å²) < 4.78 is 0.794. The standard InChI is InChI=1S/C23H14BrCl2NO4/c24-14-6-4-12(5-7-14)21(29)19-20(13-2-1-3-18(28)8-13)27(23(31)22(19)30)17-10-15(25)9-16(26)11-17/h1-11,20,28-29H/b21-19+. The Balaban J connectivity index is 1.97. The molecule has 1 amide bonds. The molecule has 1 fully saturated rings. The highest BCUT2D eigenvalue weighted by Gasteiger charge is 2.47. The van der Waals surface area contributed by atoms with E-state index in [1.54, 1.807) is 36.4 Å². The Morgan fingerprint density at radius 2 is 1.58 bits per heavy atom. The number of ketones is 1. The molecular formula is C23H14BrCl2NO4. The lowest BCUT2D eigenvalue weighted by atomic mass is 9.95. The van der Waals surface area contributed by atoms with Gasteiger partial charge < -0.3 is 10.2 Å². The van der Waals surface area contributed by atoms with Gasteiger partial charge in [-0.05, 0) is 48.0 Å². The quantitative estimate of drug-likeness (QED) is 0.250. The lowest BCUT2D eigenvalue weighted by Gasteiger charge is -2.26. The highest BCUT2D eigenvalue weighted by Crippen LogP contribution is 2.43. The first-order chi connectivity index (χ1) is 14.8. The van der Waals surface area contributed by atoms with Gasteiger partial charge in [-0.15, -0.1) is 0 Å². The number of benzene rings is 3. The minimum atomic E-state index is -0.995. The molecule has 156 valence electrons. The molecule has 1 unspecified atom stereocenters. The maximum atomic E-state index is 13.1. The van der Waals surface area contributed by atoms with Crippen LogP contribution in [0.25, 0.3) is 5.76 Å². The smallest absolute Gasteiger partial charge is 0.300 e. The van der Waals surface area contributed by atoms with Crippen LogP contribution in [0.1, 0.15) is 17.2 Å². The average Bonchev–Trinajstić information content (AvgIpc) is 2.98. The molecule has 1 aliphatic rings. The van der Waals surface area contributed by atoms with E-state index in [9.17, 15) is 19.8 Å². The Morgan fingerprint density at radius 1 is 0.935 bits per heavy atom. The number of hydrogen-bond donors (Lipinski definition) is 2. The van der Waals surface area contributed by atoms with Gasteiger partial charge in [0, 0.05) is 25.8 Å². The highest BCUT2D eigenvalue weighted by molar-refractivity contribution is 9.10. The predicted molar refractivity (Wildman–Crippen MR) is 123 cm³/mol. The Labute approximate surface area is 196 Å². The summed E-state index contributed by atoms with van der Waals surface area (Å²) in [4.78, 5) is 27.4. The number of phenolic OH excluding ortho intramolecular Hbond substituents is 1. The van der Waals surface area contributed by atoms with Gasteiger partial charge in [0.15, 0.2) is 0 Å². The minimum absolute atomic E-state index is 0.0455. The van der Waals surface area contributed by atoms with Crippen molar-refractivity contribution in [3.05, 3.63) is 97.9 Å². The fourth-order valence-electron chi connectivity index (χ4n) is 3.55. The number of Topliss-reactive ketones (excluding diaryl/α,β-unsaturated/α-hetero) is 1. The summed E-state index contributed by atoms with van der Waals surface area (Å²) >= 11 is 15.6. The second-order valence-corrected chi connectivity index (χ2v) is 8.69. The summed E-state index contributed by atoms with van der Waals surface area (Å²) in [5, 5.41) is 21.6. The van der Waals surface area contributed by atoms with Crippen LogP contribution in [0, 0.1) is 0 Å². The number of nitrogens with zero attached hydrogens (tertiary/aromatic N) is 1. The molecule has 0 aromatic heterocycles. The maximum Gasteiger partial charge on any atom is 0.300 e. The van der Waals surface area contributed by atoms with E-state index in [-0.39, 0.29) is 27.1 Å². The highest BCUT2D eigenvalue weighted by atomic mass is 79.9. The first-order valence-corrected chi connectivity index (χ1v) is 10.6. The molecule has 0 bridgehead atoms. The zero-order valence-electron chi connectivity index (χ0n) is 15.7. The van der Waals surface area contributed by atoms with Gasteiger partial charge in [0.05, 0.1) is 11.6 Å². The predicted octanol–water partition coefficient (Wildman–Crippen LogP) is 6.09. The second-order valence-electron chi connectivity index (χ2n) is 6.90. The van der Waals surface area contributed by atoms with Crippen LogP contribution < -0.4 is 4.90 Å². The van der Waals surface area contributed by atoms with Gasteiger partial charge in [0.1, 0.15) is 11.5 Å². The number of rotatable bonds is 3. The molecule has 0 saturated carbocycles. The van der Waals surface area contributed by atoms with Crippen LogP contribution in [0.5, 0.6) is 5.75 Å². The third-order valence-corrected chi connectivity index (χ3v) is 5.84. The number of amides is 1. The zero-order chi connectivity index (χ0) is 22.3. The van der Waals surface area contributed by atoms with E-state index in [0.29, 0.717) is 16.8 Å². The van der Waals surface area contributed by atoms with E-state index in [1.165, 1.54) is 35.2 Å². The molecule has 3 aromatic rings. The Bertz CT molecular complexity index is 1220. The summed E-state index contributed by atoms with van der Waals surface area (Å²) in [6.45, 7) is 0. The minimum Gasteiger partial charge on any atom is -0.508 e.